The molecule has 15 heteroatoms. The lowest BCUT2D eigenvalue weighted by Gasteiger charge is -2.34. The van der Waals surface area contributed by atoms with Crippen LogP contribution in [-0.4, -0.2) is 63.9 Å². The number of hydrogen-bond donors (Lipinski definition) is 1. The third kappa shape index (κ3) is 4.99. The number of rotatable bonds is 7. The summed E-state index contributed by atoms with van der Waals surface area (Å²) < 4.78 is 27.4. The molecule has 0 bridgehead atoms. The van der Waals surface area contributed by atoms with Gasteiger partial charge in [0.05, 0.1) is 14.7 Å². The Balaban J connectivity index is 1.47. The largest absolute Gasteiger partial charge is 0.352 e. The molecule has 0 unspecified atom stereocenters. The molecular formula is C20H20N8O6S. The lowest BCUT2D eigenvalue weighted by atomic mass is 10.1. The summed E-state index contributed by atoms with van der Waals surface area (Å²) in [4.78, 5) is 26.3. The molecule has 0 saturated carbocycles. The van der Waals surface area contributed by atoms with Gasteiger partial charge in [-0.3, -0.25) is 25.2 Å². The van der Waals surface area contributed by atoms with Crippen LogP contribution in [0.3, 0.4) is 0 Å². The van der Waals surface area contributed by atoms with Gasteiger partial charge in [0, 0.05) is 56.4 Å². The van der Waals surface area contributed by atoms with Crippen LogP contribution in [0.15, 0.2) is 53.7 Å². The maximum absolute atomic E-state index is 13.1. The molecule has 14 nitrogen and oxygen atoms in total. The molecule has 0 aliphatic carbocycles. The Morgan fingerprint density at radius 1 is 0.914 bits per heavy atom. The van der Waals surface area contributed by atoms with Gasteiger partial charge in [0.15, 0.2) is 11.6 Å². The van der Waals surface area contributed by atoms with Gasteiger partial charge in [0.2, 0.25) is 10.0 Å². The van der Waals surface area contributed by atoms with E-state index in [0.29, 0.717) is 24.7 Å². The van der Waals surface area contributed by atoms with Crippen molar-refractivity contribution in [3.63, 3.8) is 0 Å². The van der Waals surface area contributed by atoms with Crippen molar-refractivity contribution >= 4 is 38.7 Å². The number of nitrogens with zero attached hydrogens (tertiary/aromatic N) is 7. The monoisotopic (exact) mass is 500 g/mol. The van der Waals surface area contributed by atoms with Gasteiger partial charge in [-0.05, 0) is 31.2 Å². The van der Waals surface area contributed by atoms with Gasteiger partial charge in [0.1, 0.15) is 5.56 Å². The molecule has 35 heavy (non-hydrogen) atoms. The topological polar surface area (TPSA) is 178 Å². The standard InChI is InChI=1S/C20H20N8O6S/c1-14-17(27(29)30)12-16(13-18(14)28(31)32)35(33,34)26-10-8-25(9-11-26)20-3-2-19(23-24-20)22-15-4-6-21-7-5-15/h2-7,12-13H,8-11H2,1H3,(H,21,22,23). The van der Waals surface area contributed by atoms with E-state index in [1.165, 1.54) is 6.92 Å². The molecule has 0 amide bonds. The summed E-state index contributed by atoms with van der Waals surface area (Å²) in [7, 11) is -4.19. The lowest BCUT2D eigenvalue weighted by molar-refractivity contribution is -0.395. The number of pyridine rings is 1. The van der Waals surface area contributed by atoms with Gasteiger partial charge in [0.25, 0.3) is 11.4 Å². The highest BCUT2D eigenvalue weighted by atomic mass is 32.2. The zero-order valence-electron chi connectivity index (χ0n) is 18.4. The van der Waals surface area contributed by atoms with E-state index in [2.05, 4.69) is 20.5 Å². The predicted molar refractivity (Wildman–Crippen MR) is 125 cm³/mol. The van der Waals surface area contributed by atoms with Crippen molar-refractivity contribution in [1.82, 2.24) is 19.5 Å². The summed E-state index contributed by atoms with van der Waals surface area (Å²) in [6, 6.07) is 8.80. The fraction of sp³-hybridized carbons (Fsp3) is 0.250. The molecule has 1 aliphatic heterocycles. The molecule has 0 atom stereocenters. The quantitative estimate of drug-likeness (QED) is 0.371. The van der Waals surface area contributed by atoms with Crippen molar-refractivity contribution < 1.29 is 18.3 Å². The summed E-state index contributed by atoms with van der Waals surface area (Å²) in [5.41, 5.74) is -0.638. The van der Waals surface area contributed by atoms with E-state index in [1.54, 1.807) is 36.7 Å². The number of nitro benzene ring substituents is 2. The molecule has 1 saturated heterocycles. The summed E-state index contributed by atoms with van der Waals surface area (Å²) in [5.74, 6) is 1.09. The van der Waals surface area contributed by atoms with Crippen LogP contribution >= 0.6 is 0 Å². The van der Waals surface area contributed by atoms with Crippen LogP contribution in [0.1, 0.15) is 5.56 Å². The van der Waals surface area contributed by atoms with E-state index in [0.717, 1.165) is 22.1 Å². The highest BCUT2D eigenvalue weighted by Crippen LogP contribution is 2.33. The first-order valence-corrected chi connectivity index (χ1v) is 11.8. The number of hydrogen-bond acceptors (Lipinski definition) is 11. The first-order valence-electron chi connectivity index (χ1n) is 10.4. The molecule has 0 radical (unpaired) electrons. The molecule has 1 fully saturated rings. The second-order valence-electron chi connectivity index (χ2n) is 7.63. The Hall–Kier alpha value is -4.24. The van der Waals surface area contributed by atoms with E-state index in [4.69, 9.17) is 0 Å². The van der Waals surface area contributed by atoms with Crippen molar-refractivity contribution in [2.24, 2.45) is 0 Å². The van der Waals surface area contributed by atoms with E-state index < -0.39 is 36.1 Å². The van der Waals surface area contributed by atoms with Crippen LogP contribution in [0.2, 0.25) is 0 Å². The summed E-state index contributed by atoms with van der Waals surface area (Å²) in [5, 5.41) is 34.1. The number of nitro groups is 2. The van der Waals surface area contributed by atoms with Gasteiger partial charge in [-0.25, -0.2) is 8.42 Å². The Kier molecular flexibility index (Phi) is 6.52. The molecule has 1 N–H and O–H groups in total. The number of benzene rings is 1. The normalized spacial score (nSPS) is 14.5. The average Bonchev–Trinajstić information content (AvgIpc) is 2.85. The van der Waals surface area contributed by atoms with Crippen LogP contribution in [0.25, 0.3) is 0 Å². The van der Waals surface area contributed by atoms with Crippen LogP contribution in [0.5, 0.6) is 0 Å². The fourth-order valence-electron chi connectivity index (χ4n) is 3.64. The molecule has 1 aromatic carbocycles. The molecule has 4 rings (SSSR count). The van der Waals surface area contributed by atoms with Crippen molar-refractivity contribution in [1.29, 1.82) is 0 Å². The molecule has 1 aliphatic rings. The first-order chi connectivity index (χ1) is 16.7. The smallest absolute Gasteiger partial charge is 0.280 e. The van der Waals surface area contributed by atoms with Gasteiger partial charge in [-0.15, -0.1) is 10.2 Å². The second kappa shape index (κ2) is 9.55. The van der Waals surface area contributed by atoms with Gasteiger partial charge in [-0.2, -0.15) is 4.31 Å². The maximum Gasteiger partial charge on any atom is 0.280 e. The van der Waals surface area contributed by atoms with Crippen LogP contribution in [0.4, 0.5) is 28.7 Å². The van der Waals surface area contributed by atoms with Gasteiger partial charge < -0.3 is 10.2 Å². The highest BCUT2D eigenvalue weighted by molar-refractivity contribution is 7.89. The molecular weight excluding hydrogens is 480 g/mol. The van der Waals surface area contributed by atoms with E-state index in [9.17, 15) is 28.6 Å². The first kappa shape index (κ1) is 23.9. The maximum atomic E-state index is 13.1. The number of anilines is 3. The zero-order valence-corrected chi connectivity index (χ0v) is 19.3. The van der Waals surface area contributed by atoms with Crippen molar-refractivity contribution in [3.8, 4) is 0 Å². The van der Waals surface area contributed by atoms with E-state index in [-0.39, 0.29) is 18.7 Å². The summed E-state index contributed by atoms with van der Waals surface area (Å²) >= 11 is 0. The Morgan fingerprint density at radius 3 is 2.03 bits per heavy atom. The average molecular weight is 500 g/mol. The summed E-state index contributed by atoms with van der Waals surface area (Å²) in [6.07, 6.45) is 3.29. The minimum atomic E-state index is -4.19. The number of nitrogens with one attached hydrogen (secondary N) is 1. The number of aromatic nitrogens is 3. The number of sulfonamides is 1. The molecule has 0 spiro atoms. The third-order valence-electron chi connectivity index (χ3n) is 5.52. The predicted octanol–water partition coefficient (Wildman–Crippen LogP) is 2.25. The Bertz CT molecular complexity index is 1330. The van der Waals surface area contributed by atoms with Gasteiger partial charge in [-0.1, -0.05) is 0 Å². The minimum Gasteiger partial charge on any atom is -0.352 e. The summed E-state index contributed by atoms with van der Waals surface area (Å²) in [6.45, 7) is 1.93. The van der Waals surface area contributed by atoms with Crippen molar-refractivity contribution in [3.05, 3.63) is 74.6 Å². The van der Waals surface area contributed by atoms with Crippen molar-refractivity contribution in [2.75, 3.05) is 36.4 Å². The van der Waals surface area contributed by atoms with Crippen LogP contribution < -0.4 is 10.2 Å². The minimum absolute atomic E-state index is 0.0660. The van der Waals surface area contributed by atoms with E-state index >= 15 is 0 Å². The molecule has 2 aromatic heterocycles. The van der Waals surface area contributed by atoms with Crippen molar-refractivity contribution in [2.45, 2.75) is 11.8 Å². The fourth-order valence-corrected chi connectivity index (χ4v) is 5.10. The van der Waals surface area contributed by atoms with Crippen LogP contribution in [0, 0.1) is 27.2 Å². The molecule has 182 valence electrons. The highest BCUT2D eigenvalue weighted by Gasteiger charge is 2.33. The van der Waals surface area contributed by atoms with Gasteiger partial charge >= 0.3 is 0 Å². The molecule has 3 aromatic rings. The zero-order chi connectivity index (χ0) is 25.2. The van der Waals surface area contributed by atoms with Crippen LogP contribution in [-0.2, 0) is 10.0 Å². The lowest BCUT2D eigenvalue weighted by Crippen LogP contribution is -2.49. The Morgan fingerprint density at radius 2 is 1.51 bits per heavy atom. The Labute approximate surface area is 199 Å². The molecule has 3 heterocycles. The SMILES string of the molecule is Cc1c([N+](=O)[O-])cc(S(=O)(=O)N2CCN(c3ccc(Nc4ccncc4)nn3)CC2)cc1[N+](=O)[O-]. The third-order valence-corrected chi connectivity index (χ3v) is 7.40. The van der Waals surface area contributed by atoms with E-state index in [1.807, 2.05) is 4.90 Å². The second-order valence-corrected chi connectivity index (χ2v) is 9.57. The number of piperazine rings is 1.